The monoisotopic (exact) mass is 469 g/mol. The van der Waals surface area contributed by atoms with Crippen molar-refractivity contribution in [3.63, 3.8) is 0 Å². The summed E-state index contributed by atoms with van der Waals surface area (Å²) in [6.07, 6.45) is -1.01. The number of pyridine rings is 2. The molecule has 0 fully saturated rings. The van der Waals surface area contributed by atoms with Gasteiger partial charge >= 0.3 is 6.18 Å². The van der Waals surface area contributed by atoms with Crippen LogP contribution in [0.5, 0.6) is 0 Å². The van der Waals surface area contributed by atoms with Crippen molar-refractivity contribution in [3.05, 3.63) is 96.4 Å². The number of aromatic amines is 1. The molecule has 0 spiro atoms. The van der Waals surface area contributed by atoms with Gasteiger partial charge in [-0.2, -0.15) is 13.2 Å². The maximum atomic E-state index is 13.6. The third kappa shape index (κ3) is 3.73. The molecule has 172 valence electrons. The number of nitrogens with one attached hydrogen (secondary N) is 1. The summed E-state index contributed by atoms with van der Waals surface area (Å²) < 4.78 is 42.5. The highest BCUT2D eigenvalue weighted by Crippen LogP contribution is 2.38. The number of hydrogen-bond acceptors (Lipinski definition) is 3. The first-order chi connectivity index (χ1) is 16.9. The Morgan fingerprint density at radius 3 is 2.49 bits per heavy atom. The fraction of sp³-hybridized carbons (Fsp3) is 0.0741. The molecule has 8 heteroatoms. The molecular formula is C27H18F3N5. The molecule has 6 rings (SSSR count). The highest BCUT2D eigenvalue weighted by atomic mass is 19.4. The molecule has 0 aliphatic rings. The fourth-order valence-corrected chi connectivity index (χ4v) is 4.35. The second-order valence-electron chi connectivity index (χ2n) is 8.34. The summed E-state index contributed by atoms with van der Waals surface area (Å²) in [5, 5.41) is 5.51. The molecule has 4 heterocycles. The first kappa shape index (κ1) is 21.1. The summed E-state index contributed by atoms with van der Waals surface area (Å²) in [5.41, 5.74) is 4.74. The van der Waals surface area contributed by atoms with Gasteiger partial charge in [0.15, 0.2) is 11.5 Å². The summed E-state index contributed by atoms with van der Waals surface area (Å²) in [4.78, 5) is 12.2. The Morgan fingerprint density at radius 1 is 0.857 bits per heavy atom. The SMILES string of the molecule is Cc1cc(-c2ccc3[nH]c(-c4nc5c(-c6ccccc6C(F)(F)F)cccn5n4)cc3c2)ccn1. The molecule has 0 amide bonds. The molecular weight excluding hydrogens is 451 g/mol. The predicted molar refractivity (Wildman–Crippen MR) is 129 cm³/mol. The number of rotatable bonds is 3. The predicted octanol–water partition coefficient (Wildman–Crippen LogP) is 6.93. The van der Waals surface area contributed by atoms with E-state index in [0.29, 0.717) is 22.7 Å². The van der Waals surface area contributed by atoms with Gasteiger partial charge in [-0.15, -0.1) is 5.10 Å². The molecule has 0 saturated heterocycles. The van der Waals surface area contributed by atoms with Gasteiger partial charge in [-0.25, -0.2) is 9.50 Å². The fourth-order valence-electron chi connectivity index (χ4n) is 4.35. The second kappa shape index (κ2) is 7.80. The highest BCUT2D eigenvalue weighted by molar-refractivity contribution is 5.89. The quantitative estimate of drug-likeness (QED) is 0.306. The number of hydrogen-bond donors (Lipinski definition) is 1. The smallest absolute Gasteiger partial charge is 0.352 e. The van der Waals surface area contributed by atoms with Crippen LogP contribution in [0.2, 0.25) is 0 Å². The highest BCUT2D eigenvalue weighted by Gasteiger charge is 2.34. The normalized spacial score (nSPS) is 12.0. The van der Waals surface area contributed by atoms with E-state index >= 15 is 0 Å². The number of fused-ring (bicyclic) bond motifs is 2. The second-order valence-corrected chi connectivity index (χ2v) is 8.34. The van der Waals surface area contributed by atoms with E-state index in [9.17, 15) is 13.2 Å². The summed E-state index contributed by atoms with van der Waals surface area (Å²) in [6.45, 7) is 1.95. The molecule has 0 unspecified atom stereocenters. The van der Waals surface area contributed by atoms with Gasteiger partial charge in [0.25, 0.3) is 0 Å². The molecule has 0 bridgehead atoms. The van der Waals surface area contributed by atoms with E-state index in [1.54, 1.807) is 30.6 Å². The van der Waals surface area contributed by atoms with Crippen molar-refractivity contribution in [1.29, 1.82) is 0 Å². The standard InChI is InChI=1S/C27H18F3N5/c1-16-13-18(10-11-31-16)17-8-9-23-19(14-17)15-24(32-23)25-33-26-21(6-4-12-35(26)34-25)20-5-2-3-7-22(20)27(28,29)30/h2-15,32H,1H3. The lowest BCUT2D eigenvalue weighted by atomic mass is 10.0. The van der Waals surface area contributed by atoms with Crippen LogP contribution >= 0.6 is 0 Å². The lowest BCUT2D eigenvalue weighted by Crippen LogP contribution is -2.07. The molecule has 4 aromatic heterocycles. The molecule has 0 aliphatic heterocycles. The van der Waals surface area contributed by atoms with E-state index in [-0.39, 0.29) is 5.56 Å². The van der Waals surface area contributed by atoms with Crippen LogP contribution in [0.1, 0.15) is 11.3 Å². The Balaban J connectivity index is 1.45. The number of aromatic nitrogens is 5. The van der Waals surface area contributed by atoms with Crippen molar-refractivity contribution in [2.45, 2.75) is 13.1 Å². The molecule has 0 saturated carbocycles. The van der Waals surface area contributed by atoms with Crippen molar-refractivity contribution >= 4 is 16.6 Å². The van der Waals surface area contributed by atoms with Crippen LogP contribution in [0, 0.1) is 6.92 Å². The largest absolute Gasteiger partial charge is 0.417 e. The van der Waals surface area contributed by atoms with Gasteiger partial charge in [-0.3, -0.25) is 4.98 Å². The number of benzene rings is 2. The molecule has 2 aromatic carbocycles. The van der Waals surface area contributed by atoms with E-state index in [1.807, 2.05) is 37.3 Å². The van der Waals surface area contributed by atoms with Crippen LogP contribution in [0.25, 0.3) is 50.3 Å². The minimum Gasteiger partial charge on any atom is -0.352 e. The maximum Gasteiger partial charge on any atom is 0.417 e. The topological polar surface area (TPSA) is 58.9 Å². The average molecular weight is 469 g/mol. The van der Waals surface area contributed by atoms with E-state index in [4.69, 9.17) is 0 Å². The van der Waals surface area contributed by atoms with Gasteiger partial charge in [0.2, 0.25) is 0 Å². The van der Waals surface area contributed by atoms with Crippen LogP contribution in [-0.2, 0) is 6.18 Å². The van der Waals surface area contributed by atoms with Gasteiger partial charge in [0, 0.05) is 34.6 Å². The van der Waals surface area contributed by atoms with Crippen LogP contribution in [-0.4, -0.2) is 24.6 Å². The molecule has 5 nitrogen and oxygen atoms in total. The number of H-pyrrole nitrogens is 1. The molecule has 0 aliphatic carbocycles. The number of nitrogens with zero attached hydrogens (tertiary/aromatic N) is 4. The van der Waals surface area contributed by atoms with Crippen LogP contribution in [0.4, 0.5) is 13.2 Å². The molecule has 6 aromatic rings. The van der Waals surface area contributed by atoms with Crippen LogP contribution in [0.15, 0.2) is 85.2 Å². The summed E-state index contributed by atoms with van der Waals surface area (Å²) in [6, 6.07) is 20.8. The molecule has 0 radical (unpaired) electrons. The summed E-state index contributed by atoms with van der Waals surface area (Å²) in [7, 11) is 0. The van der Waals surface area contributed by atoms with E-state index in [1.165, 1.54) is 16.6 Å². The van der Waals surface area contributed by atoms with Crippen LogP contribution in [0.3, 0.4) is 0 Å². The van der Waals surface area contributed by atoms with E-state index in [0.717, 1.165) is 33.8 Å². The molecule has 35 heavy (non-hydrogen) atoms. The van der Waals surface area contributed by atoms with E-state index < -0.39 is 11.7 Å². The Morgan fingerprint density at radius 2 is 1.66 bits per heavy atom. The zero-order chi connectivity index (χ0) is 24.2. The summed E-state index contributed by atoms with van der Waals surface area (Å²) >= 11 is 0. The number of aryl methyl sites for hydroxylation is 1. The van der Waals surface area contributed by atoms with Gasteiger partial charge in [-0.05, 0) is 72.1 Å². The van der Waals surface area contributed by atoms with Crippen molar-refractivity contribution in [1.82, 2.24) is 24.6 Å². The molecule has 1 N–H and O–H groups in total. The Kier molecular flexibility index (Phi) is 4.70. The lowest BCUT2D eigenvalue weighted by molar-refractivity contribution is -0.137. The minimum absolute atomic E-state index is 0.0680. The third-order valence-electron chi connectivity index (χ3n) is 5.98. The third-order valence-corrected chi connectivity index (χ3v) is 5.98. The first-order valence-electron chi connectivity index (χ1n) is 10.9. The lowest BCUT2D eigenvalue weighted by Gasteiger charge is -2.12. The van der Waals surface area contributed by atoms with Crippen molar-refractivity contribution in [2.75, 3.05) is 0 Å². The zero-order valence-electron chi connectivity index (χ0n) is 18.5. The Bertz CT molecular complexity index is 1710. The average Bonchev–Trinajstić information content (AvgIpc) is 3.47. The van der Waals surface area contributed by atoms with Crippen molar-refractivity contribution in [3.8, 4) is 33.8 Å². The van der Waals surface area contributed by atoms with Gasteiger partial charge < -0.3 is 4.98 Å². The van der Waals surface area contributed by atoms with E-state index in [2.05, 4.69) is 26.1 Å². The van der Waals surface area contributed by atoms with Gasteiger partial charge in [0.1, 0.15) is 0 Å². The van der Waals surface area contributed by atoms with Gasteiger partial charge in [-0.1, -0.05) is 24.3 Å². The number of halogens is 3. The Hall–Kier alpha value is -4.46. The minimum atomic E-state index is -4.48. The van der Waals surface area contributed by atoms with Crippen molar-refractivity contribution in [2.24, 2.45) is 0 Å². The van der Waals surface area contributed by atoms with Gasteiger partial charge in [0.05, 0.1) is 11.3 Å². The Labute approximate surface area is 197 Å². The molecule has 0 atom stereocenters. The zero-order valence-corrected chi connectivity index (χ0v) is 18.5. The summed E-state index contributed by atoms with van der Waals surface area (Å²) in [5.74, 6) is 0.402. The van der Waals surface area contributed by atoms with Crippen LogP contribution < -0.4 is 0 Å². The maximum absolute atomic E-state index is 13.6. The number of alkyl halides is 3. The van der Waals surface area contributed by atoms with Crippen molar-refractivity contribution < 1.29 is 13.2 Å². The first-order valence-corrected chi connectivity index (χ1v) is 10.9.